The van der Waals surface area contributed by atoms with Crippen molar-refractivity contribution in [3.05, 3.63) is 88.5 Å². The van der Waals surface area contributed by atoms with Crippen LogP contribution < -0.4 is 26.6 Å². The number of carboxylic acid groups (broad SMARTS) is 2. The number of aryl methyl sites for hydroxylation is 1. The first kappa shape index (κ1) is 48.3. The first-order valence-corrected chi connectivity index (χ1v) is 24.5. The van der Waals surface area contributed by atoms with Crippen LogP contribution in [0.2, 0.25) is 0 Å². The second kappa shape index (κ2) is 22.3. The highest BCUT2D eigenvalue weighted by atomic mass is 32.2. The lowest BCUT2D eigenvalue weighted by Crippen LogP contribution is -2.53. The van der Waals surface area contributed by atoms with Crippen LogP contribution in [-0.2, 0) is 41.6 Å². The molecule has 6 aliphatic rings. The number of allylic oxidation sites excluding steroid dienone is 1. The van der Waals surface area contributed by atoms with Gasteiger partial charge in [0.25, 0.3) is 0 Å². The van der Waals surface area contributed by atoms with Crippen molar-refractivity contribution >= 4 is 41.5 Å². The number of aliphatic hydroxyl groups excluding tert-OH is 1. The summed E-state index contributed by atoms with van der Waals surface area (Å²) in [4.78, 5) is 70.3. The fraction of sp³-hybridized carbons (Fsp3) is 0.592. The van der Waals surface area contributed by atoms with E-state index in [-0.39, 0.29) is 53.9 Å². The Morgan fingerprint density at radius 3 is 2.29 bits per heavy atom. The minimum absolute atomic E-state index is 0.0120. The molecular formula is C49H66N6O9S. The summed E-state index contributed by atoms with van der Waals surface area (Å²) < 4.78 is 6.77. The molecule has 2 bridgehead atoms. The van der Waals surface area contributed by atoms with E-state index in [1.807, 2.05) is 49.8 Å². The van der Waals surface area contributed by atoms with Gasteiger partial charge in [0.15, 0.2) is 0 Å². The van der Waals surface area contributed by atoms with Crippen LogP contribution in [0.1, 0.15) is 94.6 Å². The maximum Gasteiger partial charge on any atom is 0.353 e. The molecule has 8 rings (SSSR count). The van der Waals surface area contributed by atoms with Crippen molar-refractivity contribution in [1.29, 1.82) is 0 Å². The summed E-state index contributed by atoms with van der Waals surface area (Å²) in [5, 5.41) is 43.3. The molecule has 2 amide bonds. The number of hydrogen-bond acceptors (Lipinski definition) is 12. The number of pyridine rings is 1. The minimum atomic E-state index is -2.21. The molecule has 16 heteroatoms. The van der Waals surface area contributed by atoms with E-state index in [0.717, 1.165) is 93.8 Å². The quantitative estimate of drug-likeness (QED) is 0.0492. The number of likely N-dealkylation sites (N-methyl/N-ethyl adjacent to an activating group) is 1. The van der Waals surface area contributed by atoms with Crippen LogP contribution in [0.25, 0.3) is 0 Å². The molecule has 8 N–H and O–H groups in total. The number of carboxylic acids is 2. The van der Waals surface area contributed by atoms with Gasteiger partial charge in [0.2, 0.25) is 18.0 Å². The van der Waals surface area contributed by atoms with Gasteiger partial charge in [0.1, 0.15) is 23.8 Å². The number of carbonyl (C=O) groups excluding carboxylic acids is 3. The Morgan fingerprint density at radius 1 is 0.908 bits per heavy atom. The van der Waals surface area contributed by atoms with Gasteiger partial charge in [0.05, 0.1) is 5.25 Å². The van der Waals surface area contributed by atoms with Gasteiger partial charge >= 0.3 is 17.9 Å². The normalized spacial score (nSPS) is 25.3. The van der Waals surface area contributed by atoms with Gasteiger partial charge in [-0.05, 0) is 136 Å². The summed E-state index contributed by atoms with van der Waals surface area (Å²) in [6, 6.07) is 12.0. The second-order valence-electron chi connectivity index (χ2n) is 18.7. The van der Waals surface area contributed by atoms with Gasteiger partial charge in [-0.15, -0.1) is 11.8 Å². The molecule has 1 aromatic carbocycles. The Hall–Kier alpha value is -4.61. The molecule has 2 heterocycles. The van der Waals surface area contributed by atoms with Crippen LogP contribution in [0.5, 0.6) is 0 Å². The highest BCUT2D eigenvalue weighted by molar-refractivity contribution is 8.00. The molecule has 2 aromatic rings. The smallest absolute Gasteiger partial charge is 0.353 e. The third-order valence-electron chi connectivity index (χ3n) is 14.8. The fourth-order valence-electron chi connectivity index (χ4n) is 11.7. The number of aliphatic carboxylic acids is 2. The molecule has 7 atom stereocenters. The number of thioether (sulfide) groups is 1. The highest BCUT2D eigenvalue weighted by Crippen LogP contribution is 2.62. The molecule has 2 fully saturated rings. The van der Waals surface area contributed by atoms with Gasteiger partial charge < -0.3 is 41.3 Å². The van der Waals surface area contributed by atoms with Crippen LogP contribution in [0.3, 0.4) is 0 Å². The Balaban J connectivity index is 1.29. The van der Waals surface area contributed by atoms with Crippen LogP contribution >= 0.6 is 11.8 Å². The van der Waals surface area contributed by atoms with Gasteiger partial charge in [-0.25, -0.2) is 4.79 Å². The molecule has 1 aliphatic heterocycles. The molecule has 0 saturated heterocycles. The molecule has 352 valence electrons. The number of hydrogen-bond donors (Lipinski definition) is 8. The number of nitrogens with one attached hydrogen (secondary N) is 5. The lowest BCUT2D eigenvalue weighted by molar-refractivity contribution is -0.151. The zero-order valence-corrected chi connectivity index (χ0v) is 38.4. The second-order valence-corrected chi connectivity index (χ2v) is 19.8. The maximum atomic E-state index is 15.0. The summed E-state index contributed by atoms with van der Waals surface area (Å²) >= 11 is 1.47. The zero-order valence-electron chi connectivity index (χ0n) is 37.6. The van der Waals surface area contributed by atoms with E-state index in [0.29, 0.717) is 24.0 Å². The van der Waals surface area contributed by atoms with Crippen molar-refractivity contribution in [3.8, 4) is 0 Å². The van der Waals surface area contributed by atoms with Gasteiger partial charge in [-0.1, -0.05) is 61.6 Å². The molecular weight excluding hydrogens is 849 g/mol. The van der Waals surface area contributed by atoms with Gasteiger partial charge in [-0.3, -0.25) is 29.5 Å². The van der Waals surface area contributed by atoms with E-state index in [2.05, 4.69) is 43.7 Å². The van der Waals surface area contributed by atoms with Crippen molar-refractivity contribution in [2.75, 3.05) is 26.5 Å². The number of nitrogens with zero attached hydrogens (tertiary/aromatic N) is 1. The molecule has 5 aliphatic carbocycles. The summed E-state index contributed by atoms with van der Waals surface area (Å²) in [6.07, 6.45) is 13.3. The first-order valence-electron chi connectivity index (χ1n) is 23.4. The summed E-state index contributed by atoms with van der Waals surface area (Å²) in [5.74, 6) is -3.53. The largest absolute Gasteiger partial charge is 0.480 e. The lowest BCUT2D eigenvalue weighted by atomic mass is 9.59. The predicted octanol–water partition coefficient (Wildman–Crippen LogP) is 4.46. The highest BCUT2D eigenvalue weighted by Gasteiger charge is 2.57. The van der Waals surface area contributed by atoms with Crippen LogP contribution in [0.15, 0.2) is 77.3 Å². The summed E-state index contributed by atoms with van der Waals surface area (Å²) in [7, 11) is 3.63. The summed E-state index contributed by atoms with van der Waals surface area (Å²) in [6.45, 7) is 0.203. The van der Waals surface area contributed by atoms with E-state index in [4.69, 9.17) is 4.74 Å². The Morgan fingerprint density at radius 2 is 1.63 bits per heavy atom. The third kappa shape index (κ3) is 11.3. The first-order chi connectivity index (χ1) is 31.4. The van der Waals surface area contributed by atoms with E-state index >= 15 is 0 Å². The average Bonchev–Trinajstić information content (AvgIpc) is 3.93. The van der Waals surface area contributed by atoms with E-state index in [9.17, 15) is 39.3 Å². The van der Waals surface area contributed by atoms with E-state index < -0.39 is 48.0 Å². The van der Waals surface area contributed by atoms with Gasteiger partial charge in [0, 0.05) is 37.3 Å². The van der Waals surface area contributed by atoms with Crippen LogP contribution in [0, 0.1) is 29.1 Å². The minimum Gasteiger partial charge on any atom is -0.480 e. The van der Waals surface area contributed by atoms with Crippen molar-refractivity contribution in [1.82, 2.24) is 31.6 Å². The molecule has 0 radical (unpaired) electrons. The van der Waals surface area contributed by atoms with Crippen LogP contribution in [0.4, 0.5) is 0 Å². The topological polar surface area (TPSA) is 228 Å². The van der Waals surface area contributed by atoms with Crippen molar-refractivity contribution in [2.24, 2.45) is 29.1 Å². The SMILES string of the molecule is CNCN[C@@H](CCC(=O)N[C@@H](CS[C@H]1C2=C3[C@H](CC(Cc4ccncc4)=C([C@H](CCc4ccccc4)NC)[C@H]3C(=O)O2)CC2CCC(CC2)C12CCCC2)C(=O)N[C@@H](O)C(=O)O)C(=O)O. The maximum absolute atomic E-state index is 15.0. The fourth-order valence-corrected chi connectivity index (χ4v) is 13.4. The van der Waals surface area contributed by atoms with Crippen molar-refractivity contribution < 1.29 is 44.0 Å². The van der Waals surface area contributed by atoms with Gasteiger partial charge in [-0.2, -0.15) is 0 Å². The molecule has 15 nitrogen and oxygen atoms in total. The number of carbonyl (C=O) groups is 5. The number of ether oxygens (including phenoxy) is 1. The molecule has 0 unspecified atom stereocenters. The number of esters is 1. The van der Waals surface area contributed by atoms with Crippen molar-refractivity contribution in [2.45, 2.75) is 126 Å². The molecule has 2 saturated carbocycles. The number of aliphatic hydroxyl groups is 1. The van der Waals surface area contributed by atoms with E-state index in [1.165, 1.54) is 22.9 Å². The average molecular weight is 915 g/mol. The monoisotopic (exact) mass is 914 g/mol. The standard InChI is InChI=1S/C49H66N6O9S/c1-50-28-53-36(46(59)60)16-17-38(56)54-37(44(57)55-45(58)47(61)62)27-65-43-42-40-33(24-30-10-13-34(14-11-30)49(43)20-6-7-21-49)26-32(25-31-18-22-52-23-19-31)39(41(40)48(63)64-42)35(51-2)15-12-29-8-4-3-5-9-29/h3-5,8-9,18-19,22-23,30,33-37,41,43,45,50-51,53,58H,6-7,10-17,20-21,24-28H2,1-2H3,(H,54,56)(H,55,57)(H,59,60)(H,61,62)/t30?,33-,34?,35-,36-,37-,41+,43-,45-/m0/s1. The zero-order chi connectivity index (χ0) is 46.1. The number of aromatic nitrogens is 1. The molecule has 1 aromatic heterocycles. The summed E-state index contributed by atoms with van der Waals surface area (Å²) in [5.41, 5.74) is 5.48. The van der Waals surface area contributed by atoms with E-state index in [1.54, 1.807) is 7.05 Å². The number of rotatable bonds is 21. The van der Waals surface area contributed by atoms with Crippen LogP contribution in [-0.4, -0.2) is 106 Å². The molecule has 1 spiro atoms. The Kier molecular flexibility index (Phi) is 16.5. The number of benzene rings is 1. The Bertz CT molecular complexity index is 2070. The third-order valence-corrected chi connectivity index (χ3v) is 16.3. The van der Waals surface area contributed by atoms with Crippen molar-refractivity contribution in [3.63, 3.8) is 0 Å². The predicted molar refractivity (Wildman–Crippen MR) is 246 cm³/mol. The molecule has 65 heavy (non-hydrogen) atoms. The number of amides is 2. The number of fused-ring (bicyclic) bond motifs is 2. The Labute approximate surface area is 385 Å². The lowest BCUT2D eigenvalue weighted by Gasteiger charge is -2.49.